The highest BCUT2D eigenvalue weighted by Gasteiger charge is 2.23. The molecule has 0 bridgehead atoms. The predicted molar refractivity (Wildman–Crippen MR) is 97.3 cm³/mol. The molecule has 29 heavy (non-hydrogen) atoms. The molecule has 0 aliphatic heterocycles. The minimum Gasteiger partial charge on any atom is -0.481 e. The first-order valence-corrected chi connectivity index (χ1v) is 8.65. The van der Waals surface area contributed by atoms with Crippen LogP contribution >= 0.6 is 0 Å². The topological polar surface area (TPSA) is 217 Å². The van der Waals surface area contributed by atoms with Crippen LogP contribution in [0.3, 0.4) is 0 Å². The first kappa shape index (κ1) is 23.6. The van der Waals surface area contributed by atoms with Crippen LogP contribution in [-0.4, -0.2) is 74.5 Å². The molecule has 0 spiro atoms. The number of amides is 3. The number of carbonyl (C=O) groups is 5. The number of nitrogens with one attached hydrogen (secondary N) is 4. The van der Waals surface area contributed by atoms with Gasteiger partial charge in [0.05, 0.1) is 18.9 Å². The third-order valence-electron chi connectivity index (χ3n) is 3.79. The Balaban J connectivity index is 2.41. The number of carboxylic acids is 2. The molecule has 0 radical (unpaired) electrons. The maximum absolute atomic E-state index is 12.0. The Hall–Kier alpha value is -3.48. The van der Waals surface area contributed by atoms with Crippen molar-refractivity contribution in [3.8, 4) is 0 Å². The van der Waals surface area contributed by atoms with E-state index in [4.69, 9.17) is 15.9 Å². The highest BCUT2D eigenvalue weighted by Crippen LogP contribution is 1.99. The molecule has 160 valence electrons. The molecule has 1 heterocycles. The second-order valence-corrected chi connectivity index (χ2v) is 6.23. The molecule has 8 N–H and O–H groups in total. The zero-order valence-electron chi connectivity index (χ0n) is 15.7. The molecule has 1 aromatic rings. The maximum Gasteiger partial charge on any atom is 0.326 e. The summed E-state index contributed by atoms with van der Waals surface area (Å²) in [5, 5.41) is 24.3. The number of carboxylic acid groups (broad SMARTS) is 2. The number of nitrogens with two attached hydrogens (primary N) is 1. The van der Waals surface area contributed by atoms with Gasteiger partial charge < -0.3 is 36.9 Å². The van der Waals surface area contributed by atoms with Crippen molar-refractivity contribution in [3.63, 3.8) is 0 Å². The molecule has 1 rings (SSSR count). The Morgan fingerprint density at radius 3 is 2.41 bits per heavy atom. The highest BCUT2D eigenvalue weighted by molar-refractivity contribution is 5.92. The van der Waals surface area contributed by atoms with Gasteiger partial charge in [-0.2, -0.15) is 0 Å². The highest BCUT2D eigenvalue weighted by atomic mass is 16.4. The molecule has 3 atom stereocenters. The van der Waals surface area contributed by atoms with Gasteiger partial charge in [0.15, 0.2) is 0 Å². The number of hydrogen-bond donors (Lipinski definition) is 7. The van der Waals surface area contributed by atoms with E-state index in [1.54, 1.807) is 0 Å². The molecule has 3 amide bonds. The van der Waals surface area contributed by atoms with Crippen molar-refractivity contribution < 1.29 is 34.2 Å². The third kappa shape index (κ3) is 8.83. The number of aromatic amines is 1. The van der Waals surface area contributed by atoms with Crippen LogP contribution in [0.1, 0.15) is 25.5 Å². The molecule has 0 saturated heterocycles. The smallest absolute Gasteiger partial charge is 0.326 e. The molecule has 13 nitrogen and oxygen atoms in total. The molecule has 3 unspecified atom stereocenters. The SMILES string of the molecule is CC(NC(=O)C(N)Cc1cnc[nH]1)C(=O)NCC(=O)NC(CCC(=O)O)C(=O)O. The summed E-state index contributed by atoms with van der Waals surface area (Å²) in [5.74, 6) is -4.66. The molecule has 0 aliphatic rings. The van der Waals surface area contributed by atoms with Gasteiger partial charge in [-0.15, -0.1) is 0 Å². The van der Waals surface area contributed by atoms with Gasteiger partial charge in [-0.05, 0) is 13.3 Å². The third-order valence-corrected chi connectivity index (χ3v) is 3.79. The summed E-state index contributed by atoms with van der Waals surface area (Å²) >= 11 is 0. The number of rotatable bonds is 12. The van der Waals surface area contributed by atoms with Crippen LogP contribution in [0.25, 0.3) is 0 Å². The van der Waals surface area contributed by atoms with Crippen LogP contribution in [0, 0.1) is 0 Å². The van der Waals surface area contributed by atoms with Crippen molar-refractivity contribution in [2.45, 2.75) is 44.3 Å². The molecule has 0 aromatic carbocycles. The molecule has 0 fully saturated rings. The Kier molecular flexibility index (Phi) is 9.25. The molecule has 13 heteroatoms. The zero-order chi connectivity index (χ0) is 22.0. The normalized spacial score (nSPS) is 13.6. The maximum atomic E-state index is 12.0. The van der Waals surface area contributed by atoms with E-state index in [2.05, 4.69) is 25.9 Å². The van der Waals surface area contributed by atoms with Gasteiger partial charge in [0.1, 0.15) is 12.1 Å². The van der Waals surface area contributed by atoms with Crippen molar-refractivity contribution >= 4 is 29.7 Å². The summed E-state index contributed by atoms with van der Waals surface area (Å²) in [6, 6.07) is -3.31. The Morgan fingerprint density at radius 1 is 1.17 bits per heavy atom. The average Bonchev–Trinajstić information content (AvgIpc) is 3.15. The van der Waals surface area contributed by atoms with E-state index in [9.17, 15) is 24.0 Å². The van der Waals surface area contributed by atoms with Crippen LogP contribution in [0.15, 0.2) is 12.5 Å². The van der Waals surface area contributed by atoms with Crippen molar-refractivity contribution in [2.24, 2.45) is 5.73 Å². The lowest BCUT2D eigenvalue weighted by atomic mass is 10.1. The second-order valence-electron chi connectivity index (χ2n) is 6.23. The molecular formula is C16H24N6O7. The second kappa shape index (κ2) is 11.4. The van der Waals surface area contributed by atoms with E-state index in [-0.39, 0.29) is 12.8 Å². The van der Waals surface area contributed by atoms with Gasteiger partial charge in [-0.25, -0.2) is 9.78 Å². The lowest BCUT2D eigenvalue weighted by Crippen LogP contribution is -2.52. The van der Waals surface area contributed by atoms with Crippen LogP contribution in [0.2, 0.25) is 0 Å². The Bertz CT molecular complexity index is 736. The number of hydrogen-bond acceptors (Lipinski definition) is 7. The van der Waals surface area contributed by atoms with Crippen LogP contribution in [0.5, 0.6) is 0 Å². The summed E-state index contributed by atoms with van der Waals surface area (Å²) in [5.41, 5.74) is 6.41. The molecule has 0 aliphatic carbocycles. The largest absolute Gasteiger partial charge is 0.481 e. The fourth-order valence-electron chi connectivity index (χ4n) is 2.20. The first-order chi connectivity index (χ1) is 13.6. The fourth-order valence-corrected chi connectivity index (χ4v) is 2.20. The van der Waals surface area contributed by atoms with Crippen LogP contribution < -0.4 is 21.7 Å². The monoisotopic (exact) mass is 412 g/mol. The van der Waals surface area contributed by atoms with Crippen LogP contribution in [0.4, 0.5) is 0 Å². The van der Waals surface area contributed by atoms with Crippen molar-refractivity contribution in [3.05, 3.63) is 18.2 Å². The number of aliphatic carboxylic acids is 2. The quantitative estimate of drug-likeness (QED) is 0.190. The first-order valence-electron chi connectivity index (χ1n) is 8.65. The lowest BCUT2D eigenvalue weighted by molar-refractivity contribution is -0.143. The van der Waals surface area contributed by atoms with Gasteiger partial charge in [0, 0.05) is 24.7 Å². The van der Waals surface area contributed by atoms with E-state index in [0.29, 0.717) is 5.69 Å². The summed E-state index contributed by atoms with van der Waals surface area (Å²) < 4.78 is 0. The predicted octanol–water partition coefficient (Wildman–Crippen LogP) is -2.67. The summed E-state index contributed by atoms with van der Waals surface area (Å²) in [6.07, 6.45) is 2.41. The van der Waals surface area contributed by atoms with Gasteiger partial charge in [-0.1, -0.05) is 0 Å². The van der Waals surface area contributed by atoms with E-state index in [0.717, 1.165) is 0 Å². The van der Waals surface area contributed by atoms with E-state index < -0.39 is 60.8 Å². The van der Waals surface area contributed by atoms with Gasteiger partial charge >= 0.3 is 11.9 Å². The number of nitrogens with zero attached hydrogens (tertiary/aromatic N) is 1. The summed E-state index contributed by atoms with van der Waals surface area (Å²) in [4.78, 5) is 64.0. The minimum absolute atomic E-state index is 0.190. The van der Waals surface area contributed by atoms with Crippen molar-refractivity contribution in [1.82, 2.24) is 25.9 Å². The standard InChI is InChI=1S/C16H24N6O7/c1-8(21-15(27)10(17)4-9-5-18-7-20-9)14(26)19-6-12(23)22-11(16(28)29)2-3-13(24)25/h5,7-8,10-11H,2-4,6,17H2,1H3,(H,18,20)(H,19,26)(H,21,27)(H,22,23)(H,24,25)(H,28,29). The lowest BCUT2D eigenvalue weighted by Gasteiger charge is -2.18. The van der Waals surface area contributed by atoms with E-state index in [1.165, 1.54) is 19.4 Å². The van der Waals surface area contributed by atoms with Gasteiger partial charge in [0.2, 0.25) is 17.7 Å². The van der Waals surface area contributed by atoms with Gasteiger partial charge in [0.25, 0.3) is 0 Å². The summed E-state index contributed by atoms with van der Waals surface area (Å²) in [7, 11) is 0. The van der Waals surface area contributed by atoms with E-state index >= 15 is 0 Å². The molecular weight excluding hydrogens is 388 g/mol. The fraction of sp³-hybridized carbons (Fsp3) is 0.500. The number of aromatic nitrogens is 2. The molecule has 0 saturated carbocycles. The number of carbonyl (C=O) groups excluding carboxylic acids is 3. The van der Waals surface area contributed by atoms with Crippen molar-refractivity contribution in [2.75, 3.05) is 6.54 Å². The van der Waals surface area contributed by atoms with E-state index in [1.807, 2.05) is 0 Å². The Labute approximate surface area is 165 Å². The number of H-pyrrole nitrogens is 1. The summed E-state index contributed by atoms with van der Waals surface area (Å²) in [6.45, 7) is 0.844. The minimum atomic E-state index is -1.40. The Morgan fingerprint density at radius 2 is 1.86 bits per heavy atom. The average molecular weight is 412 g/mol. The number of imidazole rings is 1. The molecule has 1 aromatic heterocycles. The zero-order valence-corrected chi connectivity index (χ0v) is 15.7. The van der Waals surface area contributed by atoms with Crippen molar-refractivity contribution in [1.29, 1.82) is 0 Å². The van der Waals surface area contributed by atoms with Crippen LogP contribution in [-0.2, 0) is 30.4 Å². The van der Waals surface area contributed by atoms with Gasteiger partial charge in [-0.3, -0.25) is 19.2 Å².